The van der Waals surface area contributed by atoms with E-state index in [0.29, 0.717) is 18.0 Å². The molecule has 1 N–H and O–H groups in total. The number of rotatable bonds is 4. The van der Waals surface area contributed by atoms with E-state index in [4.69, 9.17) is 4.74 Å². The van der Waals surface area contributed by atoms with Gasteiger partial charge in [-0.1, -0.05) is 0 Å². The van der Waals surface area contributed by atoms with Crippen LogP contribution in [0.2, 0.25) is 0 Å². The molecule has 2 rings (SSSR count). The summed E-state index contributed by atoms with van der Waals surface area (Å²) in [4.78, 5) is 5.95. The van der Waals surface area contributed by atoms with Crippen LogP contribution in [-0.4, -0.2) is 24.2 Å². The van der Waals surface area contributed by atoms with Gasteiger partial charge in [-0.15, -0.1) is 11.3 Å². The maximum Gasteiger partial charge on any atom is 0.0900 e. The first-order valence-electron chi connectivity index (χ1n) is 6.35. The monoisotopic (exact) mass is 254 g/mol. The molecule has 4 heteroatoms. The number of hydrogen-bond donors (Lipinski definition) is 1. The van der Waals surface area contributed by atoms with Gasteiger partial charge in [0.1, 0.15) is 0 Å². The Balaban J connectivity index is 1.96. The third kappa shape index (κ3) is 3.06. The molecule has 17 heavy (non-hydrogen) atoms. The van der Waals surface area contributed by atoms with E-state index in [1.807, 2.05) is 0 Å². The van der Waals surface area contributed by atoms with Crippen molar-refractivity contribution < 1.29 is 4.74 Å². The zero-order valence-electron chi connectivity index (χ0n) is 11.1. The van der Waals surface area contributed by atoms with Crippen LogP contribution in [0.1, 0.15) is 41.9 Å². The molecular formula is C13H22N2OS. The molecule has 0 aliphatic carbocycles. The maximum absolute atomic E-state index is 5.44. The number of ether oxygens (including phenoxy) is 1. The van der Waals surface area contributed by atoms with Gasteiger partial charge >= 0.3 is 0 Å². The van der Waals surface area contributed by atoms with Crippen molar-refractivity contribution in [3.8, 4) is 0 Å². The van der Waals surface area contributed by atoms with Gasteiger partial charge in [0, 0.05) is 23.6 Å². The van der Waals surface area contributed by atoms with Gasteiger partial charge in [-0.2, -0.15) is 0 Å². The molecule has 0 radical (unpaired) electrons. The third-order valence-electron chi connectivity index (χ3n) is 3.53. The molecule has 0 bridgehead atoms. The Kier molecular flexibility index (Phi) is 4.17. The van der Waals surface area contributed by atoms with Crippen molar-refractivity contribution in [3.63, 3.8) is 0 Å². The fraction of sp³-hybridized carbons (Fsp3) is 0.769. The SMILES string of the molecule is Cc1nc(C(C)NC(C)C2CCOC2)c(C)s1. The number of nitrogens with one attached hydrogen (secondary N) is 1. The molecule has 3 unspecified atom stereocenters. The van der Waals surface area contributed by atoms with E-state index in [-0.39, 0.29) is 0 Å². The van der Waals surface area contributed by atoms with Crippen molar-refractivity contribution in [2.45, 2.75) is 46.2 Å². The summed E-state index contributed by atoms with van der Waals surface area (Å²) in [6, 6.07) is 0.824. The van der Waals surface area contributed by atoms with Gasteiger partial charge in [-0.3, -0.25) is 0 Å². The molecule has 1 fully saturated rings. The van der Waals surface area contributed by atoms with Crippen LogP contribution >= 0.6 is 11.3 Å². The van der Waals surface area contributed by atoms with Gasteiger partial charge in [0.05, 0.1) is 17.3 Å². The van der Waals surface area contributed by atoms with Crippen molar-refractivity contribution in [1.29, 1.82) is 0 Å². The van der Waals surface area contributed by atoms with Crippen LogP contribution in [-0.2, 0) is 4.74 Å². The van der Waals surface area contributed by atoms with Crippen LogP contribution in [0.25, 0.3) is 0 Å². The average molecular weight is 254 g/mol. The highest BCUT2D eigenvalue weighted by Gasteiger charge is 2.24. The third-order valence-corrected chi connectivity index (χ3v) is 4.44. The van der Waals surface area contributed by atoms with E-state index in [2.05, 4.69) is 38.0 Å². The molecule has 1 aromatic heterocycles. The zero-order valence-corrected chi connectivity index (χ0v) is 11.9. The van der Waals surface area contributed by atoms with Gasteiger partial charge in [-0.05, 0) is 40.0 Å². The predicted molar refractivity (Wildman–Crippen MR) is 71.5 cm³/mol. The van der Waals surface area contributed by atoms with Crippen LogP contribution in [0.15, 0.2) is 0 Å². The highest BCUT2D eigenvalue weighted by Crippen LogP contribution is 2.24. The highest BCUT2D eigenvalue weighted by atomic mass is 32.1. The summed E-state index contributed by atoms with van der Waals surface area (Å²) in [7, 11) is 0. The Morgan fingerprint density at radius 1 is 1.41 bits per heavy atom. The first-order valence-corrected chi connectivity index (χ1v) is 7.17. The van der Waals surface area contributed by atoms with Crippen molar-refractivity contribution in [3.05, 3.63) is 15.6 Å². The van der Waals surface area contributed by atoms with Gasteiger partial charge in [0.25, 0.3) is 0 Å². The summed E-state index contributed by atoms with van der Waals surface area (Å²) in [6.45, 7) is 10.5. The molecule has 0 amide bonds. The second kappa shape index (κ2) is 5.46. The largest absolute Gasteiger partial charge is 0.381 e. The Hall–Kier alpha value is -0.450. The molecule has 2 heterocycles. The molecule has 1 aliphatic heterocycles. The summed E-state index contributed by atoms with van der Waals surface area (Å²) in [5, 5.41) is 4.81. The van der Waals surface area contributed by atoms with Gasteiger partial charge in [0.15, 0.2) is 0 Å². The lowest BCUT2D eigenvalue weighted by atomic mass is 9.99. The summed E-state index contributed by atoms with van der Waals surface area (Å²) in [6.07, 6.45) is 1.18. The van der Waals surface area contributed by atoms with Crippen LogP contribution in [0.5, 0.6) is 0 Å². The minimum atomic E-state index is 0.329. The first kappa shape index (κ1) is 13.0. The number of aryl methyl sites for hydroxylation is 2. The molecule has 0 aromatic carbocycles. The molecule has 3 atom stereocenters. The Labute approximate surface area is 108 Å². The molecule has 0 spiro atoms. The quantitative estimate of drug-likeness (QED) is 0.897. The number of thiazole rings is 1. The van der Waals surface area contributed by atoms with E-state index in [1.165, 1.54) is 17.0 Å². The lowest BCUT2D eigenvalue weighted by Gasteiger charge is -2.23. The number of aromatic nitrogens is 1. The minimum Gasteiger partial charge on any atom is -0.381 e. The van der Waals surface area contributed by atoms with Crippen molar-refractivity contribution in [2.75, 3.05) is 13.2 Å². The molecule has 1 saturated heterocycles. The first-order chi connectivity index (χ1) is 8.08. The minimum absolute atomic E-state index is 0.329. The second-order valence-corrected chi connectivity index (χ2v) is 6.38. The highest BCUT2D eigenvalue weighted by molar-refractivity contribution is 7.11. The molecule has 0 saturated carbocycles. The Morgan fingerprint density at radius 3 is 2.71 bits per heavy atom. The lowest BCUT2D eigenvalue weighted by Crippen LogP contribution is -2.36. The maximum atomic E-state index is 5.44. The molecule has 1 aliphatic rings. The van der Waals surface area contributed by atoms with Crippen LogP contribution in [0, 0.1) is 19.8 Å². The topological polar surface area (TPSA) is 34.2 Å². The van der Waals surface area contributed by atoms with Crippen LogP contribution < -0.4 is 5.32 Å². The fourth-order valence-electron chi connectivity index (χ4n) is 2.50. The summed E-state index contributed by atoms with van der Waals surface area (Å²) >= 11 is 1.78. The fourth-order valence-corrected chi connectivity index (χ4v) is 3.42. The van der Waals surface area contributed by atoms with Crippen LogP contribution in [0.3, 0.4) is 0 Å². The molecular weight excluding hydrogens is 232 g/mol. The van der Waals surface area contributed by atoms with Gasteiger partial charge in [-0.25, -0.2) is 4.98 Å². The Morgan fingerprint density at radius 2 is 2.18 bits per heavy atom. The summed E-state index contributed by atoms with van der Waals surface area (Å²) < 4.78 is 5.44. The van der Waals surface area contributed by atoms with Gasteiger partial charge in [0.2, 0.25) is 0 Å². The normalized spacial score (nSPS) is 23.9. The van der Waals surface area contributed by atoms with Crippen LogP contribution in [0.4, 0.5) is 0 Å². The van der Waals surface area contributed by atoms with E-state index in [0.717, 1.165) is 18.2 Å². The van der Waals surface area contributed by atoms with Crippen molar-refractivity contribution in [1.82, 2.24) is 10.3 Å². The van der Waals surface area contributed by atoms with E-state index < -0.39 is 0 Å². The smallest absolute Gasteiger partial charge is 0.0900 e. The number of hydrogen-bond acceptors (Lipinski definition) is 4. The lowest BCUT2D eigenvalue weighted by molar-refractivity contribution is 0.177. The number of nitrogens with zero attached hydrogens (tertiary/aromatic N) is 1. The Bertz CT molecular complexity index is 371. The summed E-state index contributed by atoms with van der Waals surface area (Å²) in [5.74, 6) is 0.650. The average Bonchev–Trinajstić information content (AvgIpc) is 2.87. The predicted octanol–water partition coefficient (Wildman–Crippen LogP) is 2.84. The van der Waals surface area contributed by atoms with Gasteiger partial charge < -0.3 is 10.1 Å². The molecule has 96 valence electrons. The molecule has 1 aromatic rings. The van der Waals surface area contributed by atoms with E-state index in [1.54, 1.807) is 11.3 Å². The summed E-state index contributed by atoms with van der Waals surface area (Å²) in [5.41, 5.74) is 1.21. The zero-order chi connectivity index (χ0) is 12.4. The van der Waals surface area contributed by atoms with Crippen molar-refractivity contribution in [2.24, 2.45) is 5.92 Å². The molecule has 3 nitrogen and oxygen atoms in total. The second-order valence-electron chi connectivity index (χ2n) is 4.98. The van der Waals surface area contributed by atoms with E-state index in [9.17, 15) is 0 Å². The standard InChI is InChI=1S/C13H22N2OS/c1-8(12-5-6-16-7-12)14-9(2)13-10(3)17-11(4)15-13/h8-9,12,14H,5-7H2,1-4H3. The van der Waals surface area contributed by atoms with E-state index >= 15 is 0 Å². The van der Waals surface area contributed by atoms with Crippen molar-refractivity contribution >= 4 is 11.3 Å².